The molecule has 0 fully saturated rings. The van der Waals surface area contributed by atoms with Gasteiger partial charge in [0.05, 0.1) is 18.5 Å². The summed E-state index contributed by atoms with van der Waals surface area (Å²) in [7, 11) is 0. The largest absolute Gasteiger partial charge is 0.447 e. The molecule has 100 valence electrons. The van der Waals surface area contributed by atoms with Crippen molar-refractivity contribution >= 4 is 28.6 Å². The van der Waals surface area contributed by atoms with Crippen molar-refractivity contribution in [2.45, 2.75) is 18.6 Å². The molecule has 2 heterocycles. The van der Waals surface area contributed by atoms with Crippen molar-refractivity contribution in [3.63, 3.8) is 0 Å². The predicted octanol–water partition coefficient (Wildman–Crippen LogP) is 0.845. The van der Waals surface area contributed by atoms with Crippen molar-refractivity contribution in [2.24, 2.45) is 0 Å². The van der Waals surface area contributed by atoms with E-state index in [0.717, 1.165) is 0 Å². The molecule has 0 aromatic carbocycles. The summed E-state index contributed by atoms with van der Waals surface area (Å²) < 4.78 is 6.89. The maximum Gasteiger partial charge on any atom is 0.321 e. The summed E-state index contributed by atoms with van der Waals surface area (Å²) in [6, 6.07) is 0.0589. The second-order valence-electron chi connectivity index (χ2n) is 4.22. The smallest absolute Gasteiger partial charge is 0.321 e. The number of aliphatic hydroxyl groups is 1. The molecule has 7 nitrogen and oxygen atoms in total. The van der Waals surface area contributed by atoms with Gasteiger partial charge in [-0.25, -0.2) is 4.98 Å². The highest BCUT2D eigenvalue weighted by atomic mass is 35.5. The molecule has 2 atom stereocenters. The lowest BCUT2D eigenvalue weighted by Crippen LogP contribution is -2.09. The van der Waals surface area contributed by atoms with Crippen LogP contribution in [0.2, 0.25) is 0 Å². The summed E-state index contributed by atoms with van der Waals surface area (Å²) in [4.78, 5) is 12.4. The van der Waals surface area contributed by atoms with Crippen molar-refractivity contribution in [1.29, 1.82) is 0 Å². The van der Waals surface area contributed by atoms with Gasteiger partial charge in [0.1, 0.15) is 0 Å². The number of nitrogen functional groups attached to an aromatic ring is 1. The molecular formula is C11H12ClN5O2. The van der Waals surface area contributed by atoms with E-state index in [0.29, 0.717) is 17.6 Å². The van der Waals surface area contributed by atoms with Crippen LogP contribution in [0.4, 0.5) is 5.82 Å². The quantitative estimate of drug-likeness (QED) is 0.639. The number of ether oxygens (including phenoxy) is 1. The molecule has 2 aromatic heterocycles. The number of fused-ring (bicyclic) bond motifs is 1. The second kappa shape index (κ2) is 4.67. The van der Waals surface area contributed by atoms with Crippen LogP contribution in [0.25, 0.3) is 11.2 Å². The molecule has 19 heavy (non-hydrogen) atoms. The molecule has 0 saturated heterocycles. The number of nitrogens with zero attached hydrogens (tertiary/aromatic N) is 4. The van der Waals surface area contributed by atoms with Gasteiger partial charge in [-0.3, -0.25) is 0 Å². The zero-order chi connectivity index (χ0) is 13.4. The first-order valence-electron chi connectivity index (χ1n) is 5.74. The predicted molar refractivity (Wildman–Crippen MR) is 69.9 cm³/mol. The van der Waals surface area contributed by atoms with Crippen LogP contribution in [0, 0.1) is 0 Å². The molecule has 0 aliphatic heterocycles. The Hall–Kier alpha value is -1.86. The van der Waals surface area contributed by atoms with E-state index in [9.17, 15) is 5.11 Å². The monoisotopic (exact) mass is 281 g/mol. The number of imidazole rings is 1. The fraction of sp³-hybridized carbons (Fsp3) is 0.364. The Bertz CT molecular complexity index is 641. The third kappa shape index (κ3) is 2.11. The topological polar surface area (TPSA) is 99.1 Å². The van der Waals surface area contributed by atoms with Gasteiger partial charge in [-0.05, 0) is 0 Å². The Morgan fingerprint density at radius 1 is 1.47 bits per heavy atom. The average molecular weight is 282 g/mol. The number of rotatable bonds is 3. The summed E-state index contributed by atoms with van der Waals surface area (Å²) in [5.41, 5.74) is 6.89. The Morgan fingerprint density at radius 3 is 3.00 bits per heavy atom. The van der Waals surface area contributed by atoms with E-state index in [4.69, 9.17) is 22.1 Å². The second-order valence-corrected chi connectivity index (χ2v) is 4.44. The first kappa shape index (κ1) is 12.2. The molecule has 2 aromatic rings. The third-order valence-corrected chi connectivity index (χ3v) is 3.12. The fourth-order valence-corrected chi connectivity index (χ4v) is 2.24. The Morgan fingerprint density at radius 2 is 2.32 bits per heavy atom. The minimum absolute atomic E-state index is 0.00171. The van der Waals surface area contributed by atoms with E-state index in [2.05, 4.69) is 15.0 Å². The SMILES string of the molecule is Nc1nc(OCCl)nc2c1ncn2C1C=CC(O)C1. The van der Waals surface area contributed by atoms with Crippen molar-refractivity contribution < 1.29 is 9.84 Å². The van der Waals surface area contributed by atoms with Crippen LogP contribution in [0.15, 0.2) is 18.5 Å². The number of allylic oxidation sites excluding steroid dienone is 1. The van der Waals surface area contributed by atoms with Gasteiger partial charge in [0.15, 0.2) is 23.0 Å². The summed E-state index contributed by atoms with van der Waals surface area (Å²) in [6.07, 6.45) is 5.43. The van der Waals surface area contributed by atoms with Crippen LogP contribution >= 0.6 is 11.6 Å². The van der Waals surface area contributed by atoms with Gasteiger partial charge < -0.3 is 20.1 Å². The van der Waals surface area contributed by atoms with Crippen LogP contribution in [0.1, 0.15) is 12.5 Å². The molecule has 0 radical (unpaired) electrons. The molecule has 1 aliphatic carbocycles. The number of halogens is 1. The number of alkyl halides is 1. The number of aliphatic hydroxyl groups excluding tert-OH is 1. The molecule has 3 N–H and O–H groups in total. The van der Waals surface area contributed by atoms with E-state index in [-0.39, 0.29) is 23.9 Å². The minimum Gasteiger partial charge on any atom is -0.447 e. The Kier molecular flexibility index (Phi) is 3.00. The van der Waals surface area contributed by atoms with Gasteiger partial charge in [-0.15, -0.1) is 0 Å². The zero-order valence-corrected chi connectivity index (χ0v) is 10.7. The van der Waals surface area contributed by atoms with E-state index < -0.39 is 6.10 Å². The van der Waals surface area contributed by atoms with Crippen LogP contribution < -0.4 is 10.5 Å². The van der Waals surface area contributed by atoms with E-state index in [1.165, 1.54) is 0 Å². The molecule has 1 aliphatic rings. The van der Waals surface area contributed by atoms with Gasteiger partial charge in [0, 0.05) is 6.42 Å². The maximum atomic E-state index is 9.54. The normalized spacial score (nSPS) is 22.2. The number of hydrogen-bond acceptors (Lipinski definition) is 6. The molecule has 0 spiro atoms. The summed E-state index contributed by atoms with van der Waals surface area (Å²) >= 11 is 5.49. The summed E-state index contributed by atoms with van der Waals surface area (Å²) in [5.74, 6) is 0.242. The highest BCUT2D eigenvalue weighted by molar-refractivity contribution is 6.17. The molecule has 8 heteroatoms. The summed E-state index contributed by atoms with van der Waals surface area (Å²) in [5, 5.41) is 9.54. The van der Waals surface area contributed by atoms with Crippen LogP contribution in [-0.4, -0.2) is 36.8 Å². The molecule has 2 unspecified atom stereocenters. The zero-order valence-electron chi connectivity index (χ0n) is 9.90. The van der Waals surface area contributed by atoms with Crippen LogP contribution in [0.3, 0.4) is 0 Å². The van der Waals surface area contributed by atoms with Crippen LogP contribution in [-0.2, 0) is 0 Å². The van der Waals surface area contributed by atoms with Crippen molar-refractivity contribution in [3.8, 4) is 6.01 Å². The highest BCUT2D eigenvalue weighted by Crippen LogP contribution is 2.28. The van der Waals surface area contributed by atoms with Gasteiger partial charge in [-0.2, -0.15) is 9.97 Å². The fourth-order valence-electron chi connectivity index (χ4n) is 2.14. The van der Waals surface area contributed by atoms with Gasteiger partial charge in [0.2, 0.25) is 0 Å². The number of aromatic nitrogens is 4. The first-order valence-corrected chi connectivity index (χ1v) is 6.27. The first-order chi connectivity index (χ1) is 9.19. The Labute approximate surface area is 113 Å². The lowest BCUT2D eigenvalue weighted by molar-refractivity contribution is 0.211. The Balaban J connectivity index is 2.08. The van der Waals surface area contributed by atoms with Crippen LogP contribution in [0.5, 0.6) is 6.01 Å². The molecule has 3 rings (SSSR count). The van der Waals surface area contributed by atoms with E-state index >= 15 is 0 Å². The average Bonchev–Trinajstić information content (AvgIpc) is 2.96. The van der Waals surface area contributed by atoms with E-state index in [1.807, 2.05) is 10.6 Å². The maximum absolute atomic E-state index is 9.54. The molecule has 0 amide bonds. The minimum atomic E-state index is -0.444. The van der Waals surface area contributed by atoms with Crippen molar-refractivity contribution in [2.75, 3.05) is 11.8 Å². The van der Waals surface area contributed by atoms with Gasteiger partial charge in [0.25, 0.3) is 0 Å². The highest BCUT2D eigenvalue weighted by Gasteiger charge is 2.22. The molecule has 0 saturated carbocycles. The number of nitrogens with two attached hydrogens (primary N) is 1. The van der Waals surface area contributed by atoms with Crippen molar-refractivity contribution in [1.82, 2.24) is 19.5 Å². The lowest BCUT2D eigenvalue weighted by atomic mass is 10.2. The molecule has 0 bridgehead atoms. The lowest BCUT2D eigenvalue weighted by Gasteiger charge is -2.11. The number of anilines is 1. The van der Waals surface area contributed by atoms with Gasteiger partial charge in [-0.1, -0.05) is 23.8 Å². The van der Waals surface area contributed by atoms with Gasteiger partial charge >= 0.3 is 6.01 Å². The van der Waals surface area contributed by atoms with E-state index in [1.54, 1.807) is 12.4 Å². The number of hydrogen-bond donors (Lipinski definition) is 2. The standard InChI is InChI=1S/C11H12ClN5O2/c12-4-19-11-15-9(13)8-10(16-11)17(5-14-8)6-1-2-7(18)3-6/h1-2,5-7,18H,3-4H2,(H2,13,15,16). The third-order valence-electron chi connectivity index (χ3n) is 3.01. The summed E-state index contributed by atoms with van der Waals surface area (Å²) in [6.45, 7) is 0. The van der Waals surface area contributed by atoms with Crippen molar-refractivity contribution in [3.05, 3.63) is 18.5 Å². The molecular weight excluding hydrogens is 270 g/mol.